The van der Waals surface area contributed by atoms with Gasteiger partial charge in [-0.05, 0) is 47.5 Å². The Morgan fingerprint density at radius 3 is 2.04 bits per heavy atom. The zero-order valence-electron chi connectivity index (χ0n) is 14.0. The molecule has 2 N–H and O–H groups in total. The molecule has 0 amide bonds. The van der Waals surface area contributed by atoms with Gasteiger partial charge in [-0.1, -0.05) is 35.9 Å². The van der Waals surface area contributed by atoms with Gasteiger partial charge in [0.2, 0.25) is 0 Å². The maximum absolute atomic E-state index is 11.9. The van der Waals surface area contributed by atoms with Crippen LogP contribution in [0.2, 0.25) is 5.02 Å². The van der Waals surface area contributed by atoms with E-state index in [1.54, 1.807) is 24.3 Å². The van der Waals surface area contributed by atoms with Crippen molar-refractivity contribution in [1.29, 1.82) is 0 Å². The van der Waals surface area contributed by atoms with E-state index in [-0.39, 0.29) is 34.5 Å². The fourth-order valence-corrected chi connectivity index (χ4v) is 2.28. The maximum Gasteiger partial charge on any atom is 0.163 e. The number of carbonyl (C=O) groups is 2. The molecular formula is C20H17ClO5. The Morgan fingerprint density at radius 2 is 1.50 bits per heavy atom. The van der Waals surface area contributed by atoms with Crippen molar-refractivity contribution in [3.05, 3.63) is 64.7 Å². The van der Waals surface area contributed by atoms with Crippen LogP contribution in [0.15, 0.2) is 48.6 Å². The van der Waals surface area contributed by atoms with Gasteiger partial charge in [-0.15, -0.1) is 0 Å². The van der Waals surface area contributed by atoms with Crippen LogP contribution in [0.1, 0.15) is 17.5 Å². The van der Waals surface area contributed by atoms with Crippen LogP contribution in [0.25, 0.3) is 12.2 Å². The second kappa shape index (κ2) is 8.87. The summed E-state index contributed by atoms with van der Waals surface area (Å²) in [6.07, 6.45) is 5.39. The molecule has 0 aromatic heterocycles. The van der Waals surface area contributed by atoms with E-state index in [9.17, 15) is 19.8 Å². The second-order valence-corrected chi connectivity index (χ2v) is 5.83. The van der Waals surface area contributed by atoms with Gasteiger partial charge < -0.3 is 14.9 Å². The highest BCUT2D eigenvalue weighted by molar-refractivity contribution is 6.32. The molecule has 6 heteroatoms. The fourth-order valence-electron chi connectivity index (χ4n) is 2.09. The van der Waals surface area contributed by atoms with Crippen molar-refractivity contribution in [2.45, 2.75) is 6.42 Å². The molecule has 2 aromatic rings. The van der Waals surface area contributed by atoms with E-state index in [1.807, 2.05) is 0 Å². The maximum atomic E-state index is 11.9. The van der Waals surface area contributed by atoms with Gasteiger partial charge in [0.1, 0.15) is 5.75 Å². The highest BCUT2D eigenvalue weighted by atomic mass is 35.5. The van der Waals surface area contributed by atoms with Crippen LogP contribution in [-0.4, -0.2) is 28.9 Å². The molecule has 0 heterocycles. The molecule has 0 saturated carbocycles. The zero-order valence-corrected chi connectivity index (χ0v) is 14.7. The number of hydrogen-bond donors (Lipinski definition) is 2. The first-order valence-corrected chi connectivity index (χ1v) is 8.04. The Kier molecular flexibility index (Phi) is 6.58. The largest absolute Gasteiger partial charge is 0.506 e. The van der Waals surface area contributed by atoms with Crippen molar-refractivity contribution in [3.8, 4) is 17.2 Å². The summed E-state index contributed by atoms with van der Waals surface area (Å²) in [5, 5.41) is 19.1. The molecule has 5 nitrogen and oxygen atoms in total. The highest BCUT2D eigenvalue weighted by Gasteiger charge is 2.05. The highest BCUT2D eigenvalue weighted by Crippen LogP contribution is 2.27. The average molecular weight is 373 g/mol. The number of phenols is 2. The van der Waals surface area contributed by atoms with Crippen LogP contribution in [-0.2, 0) is 9.59 Å². The lowest BCUT2D eigenvalue weighted by Crippen LogP contribution is -2.01. The van der Waals surface area contributed by atoms with E-state index in [4.69, 9.17) is 16.3 Å². The summed E-state index contributed by atoms with van der Waals surface area (Å²) in [6.45, 7) is 0. The minimum Gasteiger partial charge on any atom is -0.506 e. The lowest BCUT2D eigenvalue weighted by atomic mass is 10.1. The number of ether oxygens (including phenoxy) is 1. The molecule has 26 heavy (non-hydrogen) atoms. The smallest absolute Gasteiger partial charge is 0.163 e. The van der Waals surface area contributed by atoms with Crippen LogP contribution in [0.3, 0.4) is 0 Å². The minimum absolute atomic E-state index is 0.00521. The van der Waals surface area contributed by atoms with Crippen molar-refractivity contribution in [1.82, 2.24) is 0 Å². The summed E-state index contributed by atoms with van der Waals surface area (Å²) in [5.74, 6) is -0.444. The average Bonchev–Trinajstić information content (AvgIpc) is 2.62. The molecule has 0 spiro atoms. The van der Waals surface area contributed by atoms with Gasteiger partial charge in [0, 0.05) is 0 Å². The number of ketones is 2. The molecule has 0 aliphatic heterocycles. The third kappa shape index (κ3) is 5.50. The summed E-state index contributed by atoms with van der Waals surface area (Å²) >= 11 is 5.79. The second-order valence-electron chi connectivity index (χ2n) is 5.42. The van der Waals surface area contributed by atoms with Gasteiger partial charge >= 0.3 is 0 Å². The molecule has 0 aliphatic rings. The van der Waals surface area contributed by atoms with Crippen LogP contribution >= 0.6 is 11.6 Å². The predicted molar refractivity (Wildman–Crippen MR) is 100 cm³/mol. The van der Waals surface area contributed by atoms with Crippen molar-refractivity contribution in [2.24, 2.45) is 0 Å². The summed E-state index contributed by atoms with van der Waals surface area (Å²) in [4.78, 5) is 23.7. The van der Waals surface area contributed by atoms with E-state index >= 15 is 0 Å². The van der Waals surface area contributed by atoms with E-state index in [2.05, 4.69) is 0 Å². The molecule has 0 aliphatic carbocycles. The van der Waals surface area contributed by atoms with Crippen molar-refractivity contribution in [3.63, 3.8) is 0 Å². The molecule has 0 fully saturated rings. The summed E-state index contributed by atoms with van der Waals surface area (Å²) in [7, 11) is 1.43. The first-order valence-electron chi connectivity index (χ1n) is 7.66. The number of phenolic OH excluding ortho intramolecular Hbond substituents is 2. The van der Waals surface area contributed by atoms with Gasteiger partial charge in [0.05, 0.1) is 18.6 Å². The number of benzene rings is 2. The molecule has 2 aromatic carbocycles. The SMILES string of the molecule is COc1cc(C=CC(=O)CC(=O)C=Cc2ccc(O)c(Cl)c2)ccc1O. The number of halogens is 1. The first kappa shape index (κ1) is 19.3. The Labute approximate surface area is 155 Å². The number of rotatable bonds is 7. The third-order valence-electron chi connectivity index (χ3n) is 3.45. The summed E-state index contributed by atoms with van der Waals surface area (Å²) in [5.41, 5.74) is 1.30. The number of allylic oxidation sites excluding steroid dienone is 2. The molecular weight excluding hydrogens is 356 g/mol. The third-order valence-corrected chi connectivity index (χ3v) is 3.75. The Bertz CT molecular complexity index is 884. The van der Waals surface area contributed by atoms with Crippen LogP contribution in [0, 0.1) is 0 Å². The molecule has 0 atom stereocenters. The molecule has 0 bridgehead atoms. The minimum atomic E-state index is -0.355. The van der Waals surface area contributed by atoms with Crippen molar-refractivity contribution < 1.29 is 24.5 Å². The summed E-state index contributed by atoms with van der Waals surface area (Å²) in [6, 6.07) is 9.20. The lowest BCUT2D eigenvalue weighted by molar-refractivity contribution is -0.121. The fraction of sp³-hybridized carbons (Fsp3) is 0.100. The molecule has 0 unspecified atom stereocenters. The van der Waals surface area contributed by atoms with E-state index in [0.717, 1.165) is 0 Å². The van der Waals surface area contributed by atoms with Gasteiger partial charge in [0.15, 0.2) is 23.1 Å². The Hall–Kier alpha value is -3.05. The molecule has 0 radical (unpaired) electrons. The van der Waals surface area contributed by atoms with Crippen molar-refractivity contribution >= 4 is 35.3 Å². The normalized spacial score (nSPS) is 11.2. The number of aromatic hydroxyl groups is 2. The quantitative estimate of drug-likeness (QED) is 0.566. The van der Waals surface area contributed by atoms with E-state index in [1.165, 1.54) is 43.5 Å². The predicted octanol–water partition coefficient (Wildman–Crippen LogP) is 4.01. The van der Waals surface area contributed by atoms with Crippen LogP contribution in [0.5, 0.6) is 17.2 Å². The molecule has 134 valence electrons. The van der Waals surface area contributed by atoms with Gasteiger partial charge in [0.25, 0.3) is 0 Å². The monoisotopic (exact) mass is 372 g/mol. The Morgan fingerprint density at radius 1 is 0.962 bits per heavy atom. The lowest BCUT2D eigenvalue weighted by Gasteiger charge is -2.03. The first-order chi connectivity index (χ1) is 12.4. The molecule has 0 saturated heterocycles. The van der Waals surface area contributed by atoms with Gasteiger partial charge in [-0.3, -0.25) is 9.59 Å². The van der Waals surface area contributed by atoms with Crippen LogP contribution in [0.4, 0.5) is 0 Å². The Balaban J connectivity index is 1.95. The topological polar surface area (TPSA) is 83.8 Å². The summed E-state index contributed by atoms with van der Waals surface area (Å²) < 4.78 is 4.99. The number of methoxy groups -OCH3 is 1. The van der Waals surface area contributed by atoms with Crippen molar-refractivity contribution in [2.75, 3.05) is 7.11 Å². The number of hydrogen-bond acceptors (Lipinski definition) is 5. The standard InChI is InChI=1S/C20H17ClO5/c1-26-20-11-14(5-9-19(20)25)3-7-16(23)12-15(22)6-2-13-4-8-18(24)17(21)10-13/h2-11,24-25H,12H2,1H3. The van der Waals surface area contributed by atoms with Gasteiger partial charge in [-0.2, -0.15) is 0 Å². The zero-order chi connectivity index (χ0) is 19.1. The number of carbonyl (C=O) groups excluding carboxylic acids is 2. The van der Waals surface area contributed by atoms with Gasteiger partial charge in [-0.25, -0.2) is 0 Å². The van der Waals surface area contributed by atoms with Crippen LogP contribution < -0.4 is 4.74 Å². The molecule has 2 rings (SSSR count). The van der Waals surface area contributed by atoms with E-state index < -0.39 is 0 Å². The van der Waals surface area contributed by atoms with E-state index in [0.29, 0.717) is 16.9 Å².